The average Bonchev–Trinajstić information content (AvgIpc) is 3.16. The quantitative estimate of drug-likeness (QED) is 0.641. The molecule has 2 heterocycles. The second kappa shape index (κ2) is 7.56. The highest BCUT2D eigenvalue weighted by atomic mass is 35.5. The van der Waals surface area contributed by atoms with Crippen molar-refractivity contribution < 1.29 is 9.53 Å². The highest BCUT2D eigenvalue weighted by Gasteiger charge is 2.52. The van der Waals surface area contributed by atoms with Crippen molar-refractivity contribution in [2.45, 2.75) is 43.4 Å². The number of ketones is 1. The van der Waals surface area contributed by atoms with Gasteiger partial charge < -0.3 is 15.0 Å². The third-order valence-corrected chi connectivity index (χ3v) is 6.66. The number of aromatic amines is 1. The zero-order valence-corrected chi connectivity index (χ0v) is 17.6. The van der Waals surface area contributed by atoms with E-state index in [9.17, 15) is 4.79 Å². The predicted octanol–water partition coefficient (Wildman–Crippen LogP) is 4.40. The molecule has 1 aromatic heterocycles. The number of hydrogen-bond acceptors (Lipinski definition) is 4. The number of aliphatic imine (C=N–C) groups is 1. The molecule has 6 heteroatoms. The molecule has 3 unspecified atom stereocenters. The van der Waals surface area contributed by atoms with Gasteiger partial charge in [0.25, 0.3) is 0 Å². The van der Waals surface area contributed by atoms with Gasteiger partial charge in [-0.2, -0.15) is 0 Å². The number of para-hydroxylation sites is 1. The lowest BCUT2D eigenvalue weighted by Crippen LogP contribution is -2.54. The van der Waals surface area contributed by atoms with Crippen LogP contribution in [-0.4, -0.2) is 35.9 Å². The maximum Gasteiger partial charge on any atom is 0.205 e. The van der Waals surface area contributed by atoms with Crippen LogP contribution in [0.15, 0.2) is 59.7 Å². The maximum absolute atomic E-state index is 13.3. The van der Waals surface area contributed by atoms with Crippen LogP contribution in [0.25, 0.3) is 10.9 Å². The first-order chi connectivity index (χ1) is 14.6. The smallest absolute Gasteiger partial charge is 0.205 e. The van der Waals surface area contributed by atoms with Crippen molar-refractivity contribution in [3.8, 4) is 0 Å². The molecule has 1 fully saturated rings. The van der Waals surface area contributed by atoms with Gasteiger partial charge in [0.05, 0.1) is 6.04 Å². The summed E-state index contributed by atoms with van der Waals surface area (Å²) in [7, 11) is 1.90. The zero-order chi connectivity index (χ0) is 20.7. The molecular formula is C24H24ClN3O2. The predicted molar refractivity (Wildman–Crippen MR) is 119 cm³/mol. The van der Waals surface area contributed by atoms with Crippen LogP contribution >= 0.6 is 11.6 Å². The molecule has 2 aliphatic rings. The van der Waals surface area contributed by atoms with Gasteiger partial charge in [-0.25, -0.2) is 4.99 Å². The Labute approximate surface area is 180 Å². The SMILES string of the molecule is CNC(Cc1c[nH]c2ccccc12)C1=NC2(c3ccccc3Cl)CCCC(O1)C2=O. The van der Waals surface area contributed by atoms with Crippen LogP contribution in [0, 0.1) is 0 Å². The second-order valence-electron chi connectivity index (χ2n) is 8.06. The van der Waals surface area contributed by atoms with Crippen molar-refractivity contribution in [1.82, 2.24) is 10.3 Å². The summed E-state index contributed by atoms with van der Waals surface area (Å²) >= 11 is 6.52. The van der Waals surface area contributed by atoms with Gasteiger partial charge in [-0.15, -0.1) is 0 Å². The Morgan fingerprint density at radius 3 is 2.90 bits per heavy atom. The Kier molecular flexibility index (Phi) is 4.88. The standard InChI is InChI=1S/C24H24ClN3O2/c1-26-20(13-15-14-27-19-10-5-2-7-16(15)19)23-28-24(17-8-3-4-9-18(17)25)12-6-11-21(30-23)22(24)29/h2-5,7-10,14,20-21,26-27H,6,11-13H2,1H3. The molecule has 3 aromatic rings. The topological polar surface area (TPSA) is 66.5 Å². The van der Waals surface area contributed by atoms with Gasteiger partial charge in [0.1, 0.15) is 0 Å². The second-order valence-corrected chi connectivity index (χ2v) is 8.47. The number of halogens is 1. The number of ether oxygens (including phenoxy) is 1. The van der Waals surface area contributed by atoms with Crippen LogP contribution in [0.3, 0.4) is 0 Å². The lowest BCUT2D eigenvalue weighted by molar-refractivity contribution is -0.137. The van der Waals surface area contributed by atoms with Crippen LogP contribution in [0.5, 0.6) is 0 Å². The number of benzene rings is 2. The number of Topliss-reactive ketones (excluding diaryl/α,β-unsaturated/α-hetero) is 1. The fraction of sp³-hybridized carbons (Fsp3) is 0.333. The lowest BCUT2D eigenvalue weighted by Gasteiger charge is -2.42. The number of hydrogen-bond donors (Lipinski definition) is 2. The highest BCUT2D eigenvalue weighted by Crippen LogP contribution is 2.44. The number of H-pyrrole nitrogens is 1. The van der Waals surface area contributed by atoms with E-state index >= 15 is 0 Å². The van der Waals surface area contributed by atoms with E-state index in [1.165, 1.54) is 10.9 Å². The molecule has 30 heavy (non-hydrogen) atoms. The summed E-state index contributed by atoms with van der Waals surface area (Å²) < 4.78 is 6.15. The van der Waals surface area contributed by atoms with Crippen molar-refractivity contribution in [1.29, 1.82) is 0 Å². The molecule has 1 aliphatic heterocycles. The fourth-order valence-electron chi connectivity index (χ4n) is 4.77. The fourth-order valence-corrected chi connectivity index (χ4v) is 5.06. The van der Waals surface area contributed by atoms with Crippen LogP contribution in [0.1, 0.15) is 30.4 Å². The Morgan fingerprint density at radius 2 is 2.07 bits per heavy atom. The van der Waals surface area contributed by atoms with Gasteiger partial charge >= 0.3 is 0 Å². The molecule has 154 valence electrons. The lowest BCUT2D eigenvalue weighted by atomic mass is 9.73. The third-order valence-electron chi connectivity index (χ3n) is 6.33. The Morgan fingerprint density at radius 1 is 1.27 bits per heavy atom. The molecule has 5 nitrogen and oxygen atoms in total. The van der Waals surface area contributed by atoms with Gasteiger partial charge in [-0.1, -0.05) is 48.0 Å². The van der Waals surface area contributed by atoms with Gasteiger partial charge in [0.2, 0.25) is 11.7 Å². The van der Waals surface area contributed by atoms with Crippen molar-refractivity contribution in [2.75, 3.05) is 7.05 Å². The highest BCUT2D eigenvalue weighted by molar-refractivity contribution is 6.32. The molecule has 5 rings (SSSR count). The molecule has 2 bridgehead atoms. The van der Waals surface area contributed by atoms with Crippen molar-refractivity contribution in [3.05, 3.63) is 70.9 Å². The molecule has 0 spiro atoms. The zero-order valence-electron chi connectivity index (χ0n) is 16.8. The number of likely N-dealkylation sites (N-methyl/N-ethyl adjacent to an activating group) is 1. The van der Waals surface area contributed by atoms with E-state index in [0.717, 1.165) is 17.5 Å². The molecule has 0 radical (unpaired) electrons. The van der Waals surface area contributed by atoms with E-state index < -0.39 is 11.6 Å². The number of nitrogens with zero attached hydrogens (tertiary/aromatic N) is 1. The number of fused-ring (bicyclic) bond motifs is 3. The molecule has 2 aromatic carbocycles. The van der Waals surface area contributed by atoms with E-state index in [0.29, 0.717) is 30.2 Å². The van der Waals surface area contributed by atoms with E-state index in [4.69, 9.17) is 21.3 Å². The Hall–Kier alpha value is -2.63. The number of aromatic nitrogens is 1. The van der Waals surface area contributed by atoms with Gasteiger partial charge in [-0.3, -0.25) is 4.79 Å². The van der Waals surface area contributed by atoms with Crippen LogP contribution in [0.2, 0.25) is 5.02 Å². The molecular weight excluding hydrogens is 398 g/mol. The first-order valence-electron chi connectivity index (χ1n) is 10.4. The number of carbonyl (C=O) groups is 1. The van der Waals surface area contributed by atoms with Crippen LogP contribution < -0.4 is 5.32 Å². The summed E-state index contributed by atoms with van der Waals surface area (Å²) in [5.41, 5.74) is 2.12. The van der Waals surface area contributed by atoms with Crippen molar-refractivity contribution in [2.24, 2.45) is 4.99 Å². The van der Waals surface area contributed by atoms with Crippen LogP contribution in [0.4, 0.5) is 0 Å². The third kappa shape index (κ3) is 3.04. The molecule has 1 aliphatic carbocycles. The molecule has 0 amide bonds. The minimum Gasteiger partial charge on any atom is -0.468 e. The number of rotatable bonds is 5. The molecule has 1 saturated carbocycles. The van der Waals surface area contributed by atoms with E-state index in [-0.39, 0.29) is 11.8 Å². The monoisotopic (exact) mass is 421 g/mol. The van der Waals surface area contributed by atoms with Crippen LogP contribution in [-0.2, 0) is 21.5 Å². The summed E-state index contributed by atoms with van der Waals surface area (Å²) in [6.45, 7) is 0. The Balaban J connectivity index is 1.56. The Bertz CT molecular complexity index is 1140. The van der Waals surface area contributed by atoms with E-state index in [2.05, 4.69) is 22.4 Å². The molecule has 0 saturated heterocycles. The number of nitrogens with one attached hydrogen (secondary N) is 2. The van der Waals surface area contributed by atoms with Gasteiger partial charge in [0.15, 0.2) is 11.6 Å². The summed E-state index contributed by atoms with van der Waals surface area (Å²) in [6.07, 6.45) is 4.52. The van der Waals surface area contributed by atoms with Gasteiger partial charge in [0, 0.05) is 27.7 Å². The molecule has 3 atom stereocenters. The average molecular weight is 422 g/mol. The summed E-state index contributed by atoms with van der Waals surface area (Å²) in [5, 5.41) is 5.11. The first-order valence-corrected chi connectivity index (χ1v) is 10.8. The number of carbonyl (C=O) groups excluding carboxylic acids is 1. The van der Waals surface area contributed by atoms with Crippen molar-refractivity contribution >= 4 is 34.2 Å². The summed E-state index contributed by atoms with van der Waals surface area (Å²) in [6, 6.07) is 15.6. The summed E-state index contributed by atoms with van der Waals surface area (Å²) in [4.78, 5) is 21.6. The van der Waals surface area contributed by atoms with E-state index in [1.54, 1.807) is 0 Å². The molecule has 2 N–H and O–H groups in total. The normalized spacial score (nSPS) is 24.4. The van der Waals surface area contributed by atoms with Crippen molar-refractivity contribution in [3.63, 3.8) is 0 Å². The minimum absolute atomic E-state index is 0.0209. The van der Waals surface area contributed by atoms with Gasteiger partial charge in [-0.05, 0) is 50.4 Å². The largest absolute Gasteiger partial charge is 0.468 e. The first kappa shape index (κ1) is 19.3. The minimum atomic E-state index is -0.954. The van der Waals surface area contributed by atoms with E-state index in [1.807, 2.05) is 49.6 Å². The maximum atomic E-state index is 13.3. The summed E-state index contributed by atoms with van der Waals surface area (Å²) in [5.74, 6) is 0.611.